The van der Waals surface area contributed by atoms with Gasteiger partial charge in [-0.15, -0.1) is 0 Å². The molecule has 5 heteroatoms. The third-order valence-electron chi connectivity index (χ3n) is 4.66. The molecule has 0 radical (unpaired) electrons. The summed E-state index contributed by atoms with van der Waals surface area (Å²) in [4.78, 5) is 21.4. The number of carbonyl (C=O) groups excluding carboxylic acids is 1. The molecular weight excluding hydrogens is 312 g/mol. The molecule has 0 unspecified atom stereocenters. The molecule has 3 rings (SSSR count). The molecule has 2 aromatic rings. The number of benzene rings is 1. The van der Waals surface area contributed by atoms with E-state index in [1.165, 1.54) is 24.8 Å². The Labute approximate surface area is 149 Å². The summed E-state index contributed by atoms with van der Waals surface area (Å²) in [6, 6.07) is 8.16. The number of carbonyl (C=O) groups is 1. The molecule has 25 heavy (non-hydrogen) atoms. The summed E-state index contributed by atoms with van der Waals surface area (Å²) < 4.78 is 0. The van der Waals surface area contributed by atoms with Gasteiger partial charge in [-0.3, -0.25) is 4.79 Å². The van der Waals surface area contributed by atoms with Crippen molar-refractivity contribution in [3.63, 3.8) is 0 Å². The highest BCUT2D eigenvalue weighted by molar-refractivity contribution is 6.03. The van der Waals surface area contributed by atoms with E-state index in [0.717, 1.165) is 29.9 Å². The topological polar surface area (TPSA) is 66.9 Å². The van der Waals surface area contributed by atoms with Crippen LogP contribution in [0.3, 0.4) is 0 Å². The van der Waals surface area contributed by atoms with Crippen LogP contribution in [-0.4, -0.2) is 21.9 Å². The summed E-state index contributed by atoms with van der Waals surface area (Å²) in [6.45, 7) is 5.85. The first-order valence-electron chi connectivity index (χ1n) is 9.02. The van der Waals surface area contributed by atoms with Crippen molar-refractivity contribution in [2.24, 2.45) is 0 Å². The number of amides is 1. The third kappa shape index (κ3) is 4.56. The van der Waals surface area contributed by atoms with Crippen molar-refractivity contribution in [1.29, 1.82) is 0 Å². The van der Waals surface area contributed by atoms with Crippen molar-refractivity contribution >= 4 is 17.4 Å². The fourth-order valence-corrected chi connectivity index (χ4v) is 3.35. The van der Waals surface area contributed by atoms with Crippen LogP contribution >= 0.6 is 0 Å². The lowest BCUT2D eigenvalue weighted by molar-refractivity contribution is 0.102. The Morgan fingerprint density at radius 2 is 1.80 bits per heavy atom. The molecule has 0 atom stereocenters. The number of nitrogens with one attached hydrogen (secondary N) is 2. The first kappa shape index (κ1) is 17.4. The van der Waals surface area contributed by atoms with Crippen molar-refractivity contribution in [2.45, 2.75) is 58.9 Å². The summed E-state index contributed by atoms with van der Waals surface area (Å²) in [6.07, 6.45) is 6.13. The van der Waals surface area contributed by atoms with E-state index in [-0.39, 0.29) is 5.91 Å². The van der Waals surface area contributed by atoms with Crippen molar-refractivity contribution in [2.75, 3.05) is 10.6 Å². The molecule has 1 aromatic carbocycles. The summed E-state index contributed by atoms with van der Waals surface area (Å²) in [5.41, 5.74) is 3.42. The first-order chi connectivity index (χ1) is 12.0. The highest BCUT2D eigenvalue weighted by Crippen LogP contribution is 2.22. The number of nitrogens with zero attached hydrogens (tertiary/aromatic N) is 2. The quantitative estimate of drug-likeness (QED) is 0.867. The lowest BCUT2D eigenvalue weighted by atomic mass is 9.95. The molecule has 2 N–H and O–H groups in total. The lowest BCUT2D eigenvalue weighted by Gasteiger charge is -2.23. The second-order valence-corrected chi connectivity index (χ2v) is 6.94. The Balaban J connectivity index is 1.75. The van der Waals surface area contributed by atoms with E-state index in [1.54, 1.807) is 6.07 Å². The van der Waals surface area contributed by atoms with Gasteiger partial charge in [-0.25, -0.2) is 9.97 Å². The van der Waals surface area contributed by atoms with Crippen LogP contribution in [0.4, 0.5) is 11.5 Å². The Bertz CT molecular complexity index is 766. The van der Waals surface area contributed by atoms with Crippen molar-refractivity contribution in [3.8, 4) is 0 Å². The molecule has 0 saturated heterocycles. The molecule has 0 spiro atoms. The maximum Gasteiger partial charge on any atom is 0.274 e. The zero-order valence-corrected chi connectivity index (χ0v) is 15.2. The minimum absolute atomic E-state index is 0.204. The Morgan fingerprint density at radius 1 is 1.04 bits per heavy atom. The number of aryl methyl sites for hydroxylation is 3. The number of hydrogen-bond donors (Lipinski definition) is 2. The predicted molar refractivity (Wildman–Crippen MR) is 101 cm³/mol. The molecule has 5 nitrogen and oxygen atoms in total. The van der Waals surface area contributed by atoms with E-state index < -0.39 is 0 Å². The van der Waals surface area contributed by atoms with E-state index >= 15 is 0 Å². The fourth-order valence-electron chi connectivity index (χ4n) is 3.35. The largest absolute Gasteiger partial charge is 0.367 e. The normalized spacial score (nSPS) is 15.0. The van der Waals surface area contributed by atoms with Gasteiger partial charge in [0.05, 0.1) is 0 Å². The van der Waals surface area contributed by atoms with Crippen molar-refractivity contribution < 1.29 is 4.79 Å². The molecule has 1 amide bonds. The van der Waals surface area contributed by atoms with Crippen LogP contribution in [-0.2, 0) is 0 Å². The SMILES string of the molecule is Cc1ccc(NC(=O)c2cc(NC3CCCCC3)nc(C)n2)c(C)c1. The molecule has 1 aromatic heterocycles. The minimum atomic E-state index is -0.204. The lowest BCUT2D eigenvalue weighted by Crippen LogP contribution is -2.24. The summed E-state index contributed by atoms with van der Waals surface area (Å²) in [7, 11) is 0. The fraction of sp³-hybridized carbons (Fsp3) is 0.450. The zero-order chi connectivity index (χ0) is 17.8. The second kappa shape index (κ2) is 7.64. The molecule has 1 aliphatic carbocycles. The van der Waals surface area contributed by atoms with E-state index in [4.69, 9.17) is 0 Å². The van der Waals surface area contributed by atoms with E-state index in [2.05, 4.69) is 26.7 Å². The van der Waals surface area contributed by atoms with Crippen LogP contribution in [0, 0.1) is 20.8 Å². The monoisotopic (exact) mass is 338 g/mol. The highest BCUT2D eigenvalue weighted by atomic mass is 16.1. The molecule has 132 valence electrons. The zero-order valence-electron chi connectivity index (χ0n) is 15.2. The molecule has 1 heterocycles. The van der Waals surface area contributed by atoms with Gasteiger partial charge in [0.1, 0.15) is 17.3 Å². The van der Waals surface area contributed by atoms with Gasteiger partial charge in [-0.05, 0) is 45.2 Å². The van der Waals surface area contributed by atoms with Gasteiger partial charge in [0.25, 0.3) is 5.91 Å². The van der Waals surface area contributed by atoms with Crippen LogP contribution in [0.5, 0.6) is 0 Å². The van der Waals surface area contributed by atoms with Crippen LogP contribution in [0.25, 0.3) is 0 Å². The van der Waals surface area contributed by atoms with Crippen molar-refractivity contribution in [3.05, 3.63) is 46.9 Å². The standard InChI is InChI=1S/C20H26N4O/c1-13-9-10-17(14(2)11-13)24-20(25)18-12-19(22-15(3)21-18)23-16-7-5-4-6-8-16/h9-12,16H,4-8H2,1-3H3,(H,24,25)(H,21,22,23). The van der Waals surface area contributed by atoms with E-state index in [1.807, 2.05) is 32.9 Å². The van der Waals surface area contributed by atoms with E-state index in [9.17, 15) is 4.79 Å². The number of aromatic nitrogens is 2. The number of hydrogen-bond acceptors (Lipinski definition) is 4. The molecule has 0 bridgehead atoms. The summed E-state index contributed by atoms with van der Waals surface area (Å²) in [5, 5.41) is 6.42. The van der Waals surface area contributed by atoms with Crippen LogP contribution in [0.1, 0.15) is 59.5 Å². The van der Waals surface area contributed by atoms with Gasteiger partial charge in [0.15, 0.2) is 0 Å². The number of rotatable bonds is 4. The minimum Gasteiger partial charge on any atom is -0.367 e. The average molecular weight is 338 g/mol. The van der Waals surface area contributed by atoms with E-state index in [0.29, 0.717) is 17.6 Å². The Morgan fingerprint density at radius 3 is 2.52 bits per heavy atom. The summed E-state index contributed by atoms with van der Waals surface area (Å²) >= 11 is 0. The Hall–Kier alpha value is -2.43. The third-order valence-corrected chi connectivity index (χ3v) is 4.66. The average Bonchev–Trinajstić information content (AvgIpc) is 2.57. The smallest absolute Gasteiger partial charge is 0.274 e. The van der Waals surface area contributed by atoms with Gasteiger partial charge in [-0.1, -0.05) is 37.0 Å². The van der Waals surface area contributed by atoms with Crippen LogP contribution in [0.15, 0.2) is 24.3 Å². The predicted octanol–water partition coefficient (Wildman–Crippen LogP) is 4.40. The molecular formula is C20H26N4O. The number of anilines is 2. The molecule has 1 aliphatic rings. The van der Waals surface area contributed by atoms with Crippen LogP contribution in [0.2, 0.25) is 0 Å². The van der Waals surface area contributed by atoms with Gasteiger partial charge < -0.3 is 10.6 Å². The van der Waals surface area contributed by atoms with Gasteiger partial charge in [-0.2, -0.15) is 0 Å². The van der Waals surface area contributed by atoms with Gasteiger partial charge in [0.2, 0.25) is 0 Å². The maximum absolute atomic E-state index is 12.6. The van der Waals surface area contributed by atoms with Gasteiger partial charge in [0, 0.05) is 17.8 Å². The first-order valence-corrected chi connectivity index (χ1v) is 9.02. The maximum atomic E-state index is 12.6. The molecule has 1 fully saturated rings. The highest BCUT2D eigenvalue weighted by Gasteiger charge is 2.16. The van der Waals surface area contributed by atoms with Crippen molar-refractivity contribution in [1.82, 2.24) is 9.97 Å². The molecule has 0 aliphatic heterocycles. The second-order valence-electron chi connectivity index (χ2n) is 6.94. The van der Waals surface area contributed by atoms with Crippen LogP contribution < -0.4 is 10.6 Å². The van der Waals surface area contributed by atoms with Gasteiger partial charge >= 0.3 is 0 Å². The summed E-state index contributed by atoms with van der Waals surface area (Å²) in [5.74, 6) is 1.14. The molecule has 1 saturated carbocycles. The Kier molecular flexibility index (Phi) is 5.31.